The van der Waals surface area contributed by atoms with Crippen LogP contribution in [0.4, 0.5) is 0 Å². The van der Waals surface area contributed by atoms with Crippen LogP contribution < -0.4 is 5.32 Å². The lowest BCUT2D eigenvalue weighted by atomic mass is 9.85. The van der Waals surface area contributed by atoms with Crippen molar-refractivity contribution in [2.45, 2.75) is 53.1 Å². The number of likely N-dealkylation sites (tertiary alicyclic amines) is 1. The van der Waals surface area contributed by atoms with E-state index in [9.17, 15) is 19.5 Å². The smallest absolute Gasteiger partial charge is 0.326 e. The molecule has 0 bridgehead atoms. The summed E-state index contributed by atoms with van der Waals surface area (Å²) in [4.78, 5) is 38.0. The average Bonchev–Trinajstić information content (AvgIpc) is 2.83. The average molecular weight is 340 g/mol. The Morgan fingerprint density at radius 2 is 1.88 bits per heavy atom. The second kappa shape index (κ2) is 6.02. The molecule has 1 aliphatic carbocycles. The number of amides is 2. The van der Waals surface area contributed by atoms with Crippen LogP contribution in [0.25, 0.3) is 0 Å². The first-order chi connectivity index (χ1) is 10.9. The minimum Gasteiger partial charge on any atom is -0.480 e. The number of carboxylic acid groups (broad SMARTS) is 1. The topological polar surface area (TPSA) is 107 Å². The monoisotopic (exact) mass is 340 g/mol. The Morgan fingerprint density at radius 3 is 2.33 bits per heavy atom. The van der Waals surface area contributed by atoms with Crippen LogP contribution in [-0.2, 0) is 14.4 Å². The number of aliphatic hydroxyl groups excluding tert-OH is 1. The summed E-state index contributed by atoms with van der Waals surface area (Å²) >= 11 is 0. The molecule has 136 valence electrons. The molecular weight excluding hydrogens is 312 g/mol. The van der Waals surface area contributed by atoms with Gasteiger partial charge < -0.3 is 20.4 Å². The molecule has 1 saturated heterocycles. The molecule has 2 aliphatic rings. The van der Waals surface area contributed by atoms with Gasteiger partial charge in [-0.25, -0.2) is 4.79 Å². The van der Waals surface area contributed by atoms with Crippen LogP contribution >= 0.6 is 0 Å². The second-order valence-electron chi connectivity index (χ2n) is 8.57. The molecule has 7 heteroatoms. The van der Waals surface area contributed by atoms with Crippen LogP contribution in [0.2, 0.25) is 0 Å². The van der Waals surface area contributed by atoms with E-state index in [1.807, 2.05) is 34.6 Å². The van der Waals surface area contributed by atoms with Crippen molar-refractivity contribution in [3.05, 3.63) is 0 Å². The lowest BCUT2D eigenvalue weighted by Crippen LogP contribution is -2.58. The summed E-state index contributed by atoms with van der Waals surface area (Å²) in [5.41, 5.74) is -0.620. The maximum atomic E-state index is 13.0. The minimum atomic E-state index is -0.990. The number of carbonyl (C=O) groups excluding carboxylic acids is 2. The normalized spacial score (nSPS) is 28.9. The first-order valence-electron chi connectivity index (χ1n) is 8.36. The third-order valence-corrected chi connectivity index (χ3v) is 5.50. The summed E-state index contributed by atoms with van der Waals surface area (Å²) in [6.45, 7) is 9.66. The molecule has 2 amide bonds. The quantitative estimate of drug-likeness (QED) is 0.674. The fourth-order valence-electron chi connectivity index (χ4n) is 3.94. The third-order valence-electron chi connectivity index (χ3n) is 5.50. The van der Waals surface area contributed by atoms with Gasteiger partial charge in [-0.2, -0.15) is 0 Å². The van der Waals surface area contributed by atoms with Gasteiger partial charge >= 0.3 is 5.97 Å². The molecule has 0 aromatic heterocycles. The number of nitrogens with zero attached hydrogens (tertiary/aromatic N) is 1. The molecule has 7 nitrogen and oxygen atoms in total. The van der Waals surface area contributed by atoms with Crippen LogP contribution in [-0.4, -0.2) is 58.1 Å². The molecule has 1 unspecified atom stereocenters. The van der Waals surface area contributed by atoms with Gasteiger partial charge in [0.25, 0.3) is 0 Å². The van der Waals surface area contributed by atoms with E-state index in [0.717, 1.165) is 0 Å². The highest BCUT2D eigenvalue weighted by molar-refractivity contribution is 5.92. The van der Waals surface area contributed by atoms with E-state index < -0.39 is 29.4 Å². The number of aliphatic carboxylic acids is 1. The predicted octanol–water partition coefficient (Wildman–Crippen LogP) is 0.467. The van der Waals surface area contributed by atoms with Crippen LogP contribution in [0.15, 0.2) is 0 Å². The molecule has 1 aliphatic heterocycles. The minimum absolute atomic E-state index is 0.0345. The zero-order valence-electron chi connectivity index (χ0n) is 15.0. The molecule has 4 atom stereocenters. The number of carbonyl (C=O) groups is 3. The zero-order valence-corrected chi connectivity index (χ0v) is 15.0. The number of fused-ring (bicyclic) bond motifs is 1. The maximum absolute atomic E-state index is 13.0. The van der Waals surface area contributed by atoms with E-state index >= 15 is 0 Å². The Balaban J connectivity index is 2.21. The third kappa shape index (κ3) is 3.14. The van der Waals surface area contributed by atoms with Crippen molar-refractivity contribution in [1.82, 2.24) is 10.2 Å². The summed E-state index contributed by atoms with van der Waals surface area (Å²) in [7, 11) is 0. The molecule has 24 heavy (non-hydrogen) atoms. The summed E-state index contributed by atoms with van der Waals surface area (Å²) in [6, 6.07) is -1.66. The van der Waals surface area contributed by atoms with Gasteiger partial charge in [-0.1, -0.05) is 34.6 Å². The van der Waals surface area contributed by atoms with Gasteiger partial charge in [-0.15, -0.1) is 0 Å². The molecule has 0 aromatic rings. The van der Waals surface area contributed by atoms with Gasteiger partial charge in [0.15, 0.2) is 0 Å². The standard InChI is InChI=1S/C17H28N2O5/c1-16(2,3)13(18-10(21)6-7-20)14(22)19-8-9-11(17(9,4)5)12(19)15(23)24/h9,11-13,20H,6-8H2,1-5H3,(H,18,21)(H,23,24)/t9-,11-,12-,13?/m0/s1. The van der Waals surface area contributed by atoms with E-state index in [2.05, 4.69) is 5.32 Å². The largest absolute Gasteiger partial charge is 0.480 e. The van der Waals surface area contributed by atoms with Gasteiger partial charge in [0.2, 0.25) is 11.8 Å². The molecule has 1 heterocycles. The van der Waals surface area contributed by atoms with Gasteiger partial charge in [-0.05, 0) is 16.7 Å². The molecule has 0 aromatic carbocycles. The number of aliphatic hydroxyl groups is 1. The van der Waals surface area contributed by atoms with Crippen molar-refractivity contribution >= 4 is 17.8 Å². The summed E-state index contributed by atoms with van der Waals surface area (Å²) < 4.78 is 0. The molecular formula is C17H28N2O5. The van der Waals surface area contributed by atoms with Gasteiger partial charge in [0, 0.05) is 18.9 Å². The number of rotatable bonds is 5. The Hall–Kier alpha value is -1.63. The number of hydrogen-bond donors (Lipinski definition) is 3. The first-order valence-corrected chi connectivity index (χ1v) is 8.36. The Morgan fingerprint density at radius 1 is 1.29 bits per heavy atom. The highest BCUT2D eigenvalue weighted by Gasteiger charge is 2.70. The van der Waals surface area contributed by atoms with E-state index in [-0.39, 0.29) is 36.2 Å². The molecule has 2 fully saturated rings. The molecule has 3 N–H and O–H groups in total. The summed E-state index contributed by atoms with van der Waals surface area (Å²) in [5.74, 6) is -1.61. The molecule has 0 radical (unpaired) electrons. The van der Waals surface area contributed by atoms with E-state index in [0.29, 0.717) is 6.54 Å². The Kier molecular flexibility index (Phi) is 4.69. The van der Waals surface area contributed by atoms with Gasteiger partial charge in [-0.3, -0.25) is 9.59 Å². The Labute approximate surface area is 142 Å². The molecule has 2 rings (SSSR count). The van der Waals surface area contributed by atoms with E-state index in [4.69, 9.17) is 5.11 Å². The summed E-state index contributed by atoms with van der Waals surface area (Å²) in [6.07, 6.45) is -0.0828. The number of piperidine rings is 1. The fraction of sp³-hybridized carbons (Fsp3) is 0.824. The highest BCUT2D eigenvalue weighted by atomic mass is 16.4. The van der Waals surface area contributed by atoms with Gasteiger partial charge in [0.05, 0.1) is 6.61 Å². The van der Waals surface area contributed by atoms with Crippen molar-refractivity contribution in [2.24, 2.45) is 22.7 Å². The van der Waals surface area contributed by atoms with E-state index in [1.54, 1.807) is 0 Å². The fourth-order valence-corrected chi connectivity index (χ4v) is 3.94. The van der Waals surface area contributed by atoms with Gasteiger partial charge in [0.1, 0.15) is 12.1 Å². The Bertz CT molecular complexity index is 552. The maximum Gasteiger partial charge on any atom is 0.326 e. The van der Waals surface area contributed by atoms with Crippen molar-refractivity contribution in [2.75, 3.05) is 13.2 Å². The lowest BCUT2D eigenvalue weighted by Gasteiger charge is -2.36. The first kappa shape index (κ1) is 18.7. The van der Waals surface area contributed by atoms with Crippen molar-refractivity contribution in [3.8, 4) is 0 Å². The number of hydrogen-bond acceptors (Lipinski definition) is 4. The molecule has 0 spiro atoms. The van der Waals surface area contributed by atoms with E-state index in [1.165, 1.54) is 4.90 Å². The van der Waals surface area contributed by atoms with Crippen LogP contribution in [0.3, 0.4) is 0 Å². The van der Waals surface area contributed by atoms with Crippen LogP contribution in [0, 0.1) is 22.7 Å². The number of nitrogens with one attached hydrogen (secondary N) is 1. The van der Waals surface area contributed by atoms with Crippen LogP contribution in [0.1, 0.15) is 41.0 Å². The predicted molar refractivity (Wildman–Crippen MR) is 87.0 cm³/mol. The van der Waals surface area contributed by atoms with Crippen molar-refractivity contribution in [3.63, 3.8) is 0 Å². The van der Waals surface area contributed by atoms with Crippen molar-refractivity contribution < 1.29 is 24.6 Å². The second-order valence-corrected chi connectivity index (χ2v) is 8.57. The molecule has 1 saturated carbocycles. The highest BCUT2D eigenvalue weighted by Crippen LogP contribution is 2.64. The summed E-state index contributed by atoms with van der Waals surface area (Å²) in [5, 5.41) is 21.1. The van der Waals surface area contributed by atoms with Crippen molar-refractivity contribution in [1.29, 1.82) is 0 Å². The zero-order chi connectivity index (χ0) is 18.4. The van der Waals surface area contributed by atoms with Crippen LogP contribution in [0.5, 0.6) is 0 Å². The lowest BCUT2D eigenvalue weighted by molar-refractivity contribution is -0.152. The SMILES string of the molecule is CC(C)(C)C(NC(=O)CCO)C(=O)N1C[C@H]2[C@@H]([C@H]1C(=O)O)C2(C)C. The number of carboxylic acids is 1.